The Morgan fingerprint density at radius 3 is 2.44 bits per heavy atom. The van der Waals surface area contributed by atoms with Crippen molar-refractivity contribution < 1.29 is 13.5 Å². The highest BCUT2D eigenvalue weighted by atomic mass is 19.1. The molecule has 0 bridgehead atoms. The van der Waals surface area contributed by atoms with Gasteiger partial charge in [0.15, 0.2) is 0 Å². The minimum absolute atomic E-state index is 0.101. The Labute approximate surface area is 107 Å². The Balaban J connectivity index is 2.11. The lowest BCUT2D eigenvalue weighted by Gasteiger charge is -2.07. The van der Waals surface area contributed by atoms with E-state index in [0.717, 1.165) is 25.9 Å². The molecule has 102 valence electrons. The van der Waals surface area contributed by atoms with E-state index in [2.05, 4.69) is 12.2 Å². The first kappa shape index (κ1) is 15.1. The van der Waals surface area contributed by atoms with Gasteiger partial charge in [-0.15, -0.1) is 0 Å². The zero-order valence-electron chi connectivity index (χ0n) is 10.8. The third-order valence-electron chi connectivity index (χ3n) is 2.65. The van der Waals surface area contributed by atoms with E-state index in [1.807, 2.05) is 0 Å². The molecule has 0 aromatic heterocycles. The second-order valence-electron chi connectivity index (χ2n) is 4.20. The van der Waals surface area contributed by atoms with E-state index in [-0.39, 0.29) is 12.1 Å². The van der Waals surface area contributed by atoms with Crippen LogP contribution in [0.1, 0.15) is 31.7 Å². The standard InChI is InChI=1S/C14H21F2NO/c1-2-3-9-18-10-5-8-17-11-12-13(15)6-4-7-14(12)16/h4,6-7,17H,2-3,5,8-11H2,1H3. The lowest BCUT2D eigenvalue weighted by molar-refractivity contribution is 0.128. The van der Waals surface area contributed by atoms with Crippen LogP contribution < -0.4 is 5.32 Å². The van der Waals surface area contributed by atoms with Crippen molar-refractivity contribution in [2.75, 3.05) is 19.8 Å². The molecule has 2 nitrogen and oxygen atoms in total. The molecule has 0 saturated heterocycles. The van der Waals surface area contributed by atoms with Gasteiger partial charge in [-0.2, -0.15) is 0 Å². The normalized spacial score (nSPS) is 10.8. The first-order valence-corrected chi connectivity index (χ1v) is 6.47. The van der Waals surface area contributed by atoms with Gasteiger partial charge in [0.25, 0.3) is 0 Å². The molecule has 0 saturated carbocycles. The quantitative estimate of drug-likeness (QED) is 0.686. The van der Waals surface area contributed by atoms with Crippen molar-refractivity contribution in [1.29, 1.82) is 0 Å². The van der Waals surface area contributed by atoms with Crippen LogP contribution in [0.2, 0.25) is 0 Å². The van der Waals surface area contributed by atoms with Crippen LogP contribution in [0.4, 0.5) is 8.78 Å². The van der Waals surface area contributed by atoms with Crippen molar-refractivity contribution in [3.05, 3.63) is 35.4 Å². The number of ether oxygens (including phenoxy) is 1. The highest BCUT2D eigenvalue weighted by Crippen LogP contribution is 2.11. The summed E-state index contributed by atoms with van der Waals surface area (Å²) >= 11 is 0. The fourth-order valence-electron chi connectivity index (χ4n) is 1.56. The lowest BCUT2D eigenvalue weighted by atomic mass is 10.2. The molecule has 0 radical (unpaired) electrons. The number of hydrogen-bond acceptors (Lipinski definition) is 2. The Kier molecular flexibility index (Phi) is 7.53. The minimum Gasteiger partial charge on any atom is -0.381 e. The fraction of sp³-hybridized carbons (Fsp3) is 0.571. The van der Waals surface area contributed by atoms with Gasteiger partial charge in [0.1, 0.15) is 11.6 Å². The Morgan fingerprint density at radius 2 is 1.78 bits per heavy atom. The number of unbranched alkanes of at least 4 members (excludes halogenated alkanes) is 1. The van der Waals surface area contributed by atoms with Gasteiger partial charge in [-0.25, -0.2) is 8.78 Å². The maximum Gasteiger partial charge on any atom is 0.130 e. The Morgan fingerprint density at radius 1 is 1.11 bits per heavy atom. The van der Waals surface area contributed by atoms with Crippen LogP contribution >= 0.6 is 0 Å². The number of halogens is 2. The van der Waals surface area contributed by atoms with E-state index in [4.69, 9.17) is 4.74 Å². The third kappa shape index (κ3) is 5.56. The van der Waals surface area contributed by atoms with Gasteiger partial charge in [0.05, 0.1) is 0 Å². The summed E-state index contributed by atoms with van der Waals surface area (Å²) in [7, 11) is 0. The molecule has 1 aromatic rings. The van der Waals surface area contributed by atoms with Gasteiger partial charge in [-0.3, -0.25) is 0 Å². The van der Waals surface area contributed by atoms with E-state index in [0.29, 0.717) is 13.2 Å². The van der Waals surface area contributed by atoms with Crippen molar-refractivity contribution in [3.63, 3.8) is 0 Å². The molecule has 0 amide bonds. The lowest BCUT2D eigenvalue weighted by Crippen LogP contribution is -2.18. The molecule has 0 heterocycles. The summed E-state index contributed by atoms with van der Waals surface area (Å²) in [6, 6.07) is 3.91. The molecule has 0 fully saturated rings. The van der Waals surface area contributed by atoms with E-state index >= 15 is 0 Å². The second-order valence-corrected chi connectivity index (χ2v) is 4.20. The number of nitrogens with one attached hydrogen (secondary N) is 1. The average molecular weight is 257 g/mol. The smallest absolute Gasteiger partial charge is 0.130 e. The van der Waals surface area contributed by atoms with Crippen molar-refractivity contribution >= 4 is 0 Å². The minimum atomic E-state index is -0.498. The van der Waals surface area contributed by atoms with Gasteiger partial charge >= 0.3 is 0 Å². The highest BCUT2D eigenvalue weighted by Gasteiger charge is 2.06. The third-order valence-corrected chi connectivity index (χ3v) is 2.65. The van der Waals surface area contributed by atoms with Crippen LogP contribution in [-0.4, -0.2) is 19.8 Å². The van der Waals surface area contributed by atoms with Gasteiger partial charge in [-0.1, -0.05) is 19.4 Å². The van der Waals surface area contributed by atoms with Crippen LogP contribution in [0.25, 0.3) is 0 Å². The molecule has 1 aromatic carbocycles. The zero-order chi connectivity index (χ0) is 13.2. The predicted molar refractivity (Wildman–Crippen MR) is 68.4 cm³/mol. The molecule has 1 N–H and O–H groups in total. The Hall–Kier alpha value is -1.00. The molecule has 0 atom stereocenters. The zero-order valence-corrected chi connectivity index (χ0v) is 10.8. The van der Waals surface area contributed by atoms with Crippen molar-refractivity contribution in [1.82, 2.24) is 5.32 Å². The number of benzene rings is 1. The monoisotopic (exact) mass is 257 g/mol. The first-order chi connectivity index (χ1) is 8.75. The molecule has 0 aliphatic carbocycles. The summed E-state index contributed by atoms with van der Waals surface area (Å²) in [5.74, 6) is -0.997. The van der Waals surface area contributed by atoms with Crippen LogP contribution in [0.3, 0.4) is 0 Å². The molecule has 4 heteroatoms. The largest absolute Gasteiger partial charge is 0.381 e. The first-order valence-electron chi connectivity index (χ1n) is 6.47. The second kappa shape index (κ2) is 9.00. The summed E-state index contributed by atoms with van der Waals surface area (Å²) in [6.45, 7) is 4.51. The van der Waals surface area contributed by atoms with Gasteiger partial charge in [-0.05, 0) is 31.5 Å². The molecule has 0 aliphatic rings. The van der Waals surface area contributed by atoms with Gasteiger partial charge < -0.3 is 10.1 Å². The highest BCUT2D eigenvalue weighted by molar-refractivity contribution is 5.19. The maximum atomic E-state index is 13.3. The van der Waals surface area contributed by atoms with Gasteiger partial charge in [0, 0.05) is 25.3 Å². The van der Waals surface area contributed by atoms with E-state index < -0.39 is 11.6 Å². The summed E-state index contributed by atoms with van der Waals surface area (Å²) in [5, 5.41) is 3.01. The van der Waals surface area contributed by atoms with Crippen molar-refractivity contribution in [2.45, 2.75) is 32.7 Å². The average Bonchev–Trinajstić information content (AvgIpc) is 2.35. The number of rotatable bonds is 9. The van der Waals surface area contributed by atoms with Crippen molar-refractivity contribution in [2.24, 2.45) is 0 Å². The summed E-state index contributed by atoms with van der Waals surface area (Å²) in [4.78, 5) is 0. The molecule has 0 unspecified atom stereocenters. The topological polar surface area (TPSA) is 21.3 Å². The van der Waals surface area contributed by atoms with E-state index in [9.17, 15) is 8.78 Å². The molecular formula is C14H21F2NO. The summed E-state index contributed by atoms with van der Waals surface area (Å²) in [6.07, 6.45) is 3.05. The number of hydrogen-bond donors (Lipinski definition) is 1. The predicted octanol–water partition coefficient (Wildman–Crippen LogP) is 3.26. The Bertz CT molecular complexity index is 324. The molecule has 0 spiro atoms. The molecule has 0 aliphatic heterocycles. The molecule has 1 rings (SSSR count). The fourth-order valence-corrected chi connectivity index (χ4v) is 1.56. The summed E-state index contributed by atoms with van der Waals surface area (Å²) in [5.41, 5.74) is 0.101. The van der Waals surface area contributed by atoms with Gasteiger partial charge in [0.2, 0.25) is 0 Å². The maximum absolute atomic E-state index is 13.3. The molecule has 18 heavy (non-hydrogen) atoms. The van der Waals surface area contributed by atoms with E-state index in [1.54, 1.807) is 0 Å². The van der Waals surface area contributed by atoms with Crippen molar-refractivity contribution in [3.8, 4) is 0 Å². The van der Waals surface area contributed by atoms with Crippen LogP contribution in [0.5, 0.6) is 0 Å². The van der Waals surface area contributed by atoms with Crippen LogP contribution in [-0.2, 0) is 11.3 Å². The van der Waals surface area contributed by atoms with Crippen LogP contribution in [0, 0.1) is 11.6 Å². The summed E-state index contributed by atoms with van der Waals surface area (Å²) < 4.78 is 31.9. The van der Waals surface area contributed by atoms with E-state index in [1.165, 1.54) is 18.2 Å². The van der Waals surface area contributed by atoms with Crippen LogP contribution in [0.15, 0.2) is 18.2 Å². The molecular weight excluding hydrogens is 236 g/mol. The SMILES string of the molecule is CCCCOCCCNCc1c(F)cccc1F.